The molecule has 31 heavy (non-hydrogen) atoms. The number of phosphoric acid groups is 3. The van der Waals surface area contributed by atoms with Crippen molar-refractivity contribution in [1.82, 2.24) is 0 Å². The summed E-state index contributed by atoms with van der Waals surface area (Å²) in [7, 11) is -22.6. The van der Waals surface area contributed by atoms with Gasteiger partial charge in [-0.2, -0.15) is 0 Å². The van der Waals surface area contributed by atoms with Crippen molar-refractivity contribution < 1.29 is 118 Å². The van der Waals surface area contributed by atoms with E-state index in [2.05, 4.69) is 0 Å². The predicted octanol–water partition coefficient (Wildman–Crippen LogP) is -11.0. The molecule has 0 atom stereocenters. The third-order valence-corrected chi connectivity index (χ3v) is 0. The van der Waals surface area contributed by atoms with E-state index in [1.807, 2.05) is 0 Å². The first kappa shape index (κ1) is 48.5. The van der Waals surface area contributed by atoms with Crippen molar-refractivity contribution in [3.8, 4) is 0 Å². The van der Waals surface area contributed by atoms with E-state index in [0.29, 0.717) is 0 Å². The Bertz CT molecular complexity index is 332. The second kappa shape index (κ2) is 28.1. The lowest BCUT2D eigenvalue weighted by Gasteiger charge is -1.82. The van der Waals surface area contributed by atoms with Gasteiger partial charge in [0.15, 0.2) is 0 Å². The van der Waals surface area contributed by atoms with Crippen LogP contribution in [0, 0.1) is 0 Å². The smallest absolute Gasteiger partial charge is 0.402 e. The average molecular weight is 541 g/mol. The normalized spacial score (nSPS) is 9.19. The minimum absolute atomic E-state index is 2.17. The third kappa shape index (κ3) is 1980000. The van der Waals surface area contributed by atoms with Crippen molar-refractivity contribution in [3.63, 3.8) is 0 Å². The molecule has 24 nitrogen and oxygen atoms in total. The van der Waals surface area contributed by atoms with Crippen molar-refractivity contribution in [2.45, 2.75) is 0 Å². The van der Waals surface area contributed by atoms with Crippen LogP contribution in [0.1, 0.15) is 0 Å². The van der Waals surface area contributed by atoms with Crippen molar-refractivity contribution in [2.75, 3.05) is 0 Å². The second-order valence-corrected chi connectivity index (χ2v) is 6.01. The third-order valence-electron chi connectivity index (χ3n) is 0. The maximum Gasteiger partial charge on any atom is 0.631 e. The van der Waals surface area contributed by atoms with Crippen molar-refractivity contribution in [1.29, 1.82) is 0 Å². The Morgan fingerprint density at radius 3 is 0.290 bits per heavy atom. The molecule has 0 heterocycles. The minimum atomic E-state index is -4.64. The average Bonchev–Trinajstić information content (AvgIpc) is 2.14. The summed E-state index contributed by atoms with van der Waals surface area (Å²) >= 11 is 0. The molecule has 31 heteroatoms. The van der Waals surface area contributed by atoms with Crippen molar-refractivity contribution in [2.24, 2.45) is 0 Å². The lowest BCUT2D eigenvalue weighted by atomic mass is 10.3. The fourth-order valence-electron chi connectivity index (χ4n) is 0. The molecule has 21 N–H and O–H groups in total. The van der Waals surface area contributed by atoms with Gasteiger partial charge in [-0.1, -0.05) is 0 Å². The van der Waals surface area contributed by atoms with Crippen molar-refractivity contribution >= 4 is 52.8 Å². The summed E-state index contributed by atoms with van der Waals surface area (Å²) in [5, 5.41) is 86.0. The van der Waals surface area contributed by atoms with Crippen LogP contribution >= 0.6 is 23.5 Å². The lowest BCUT2D eigenvalue weighted by Crippen LogP contribution is -2.07. The minimum Gasteiger partial charge on any atom is -0.402 e. The molecule has 0 aromatic rings. The van der Waals surface area contributed by atoms with Gasteiger partial charge in [0.1, 0.15) is 0 Å². The molecule has 0 fully saturated rings. The van der Waals surface area contributed by atoms with E-state index >= 15 is 0 Å². The van der Waals surface area contributed by atoms with Crippen LogP contribution in [0.4, 0.5) is 0 Å². The van der Waals surface area contributed by atoms with Crippen LogP contribution in [-0.2, 0) is 13.7 Å². The van der Waals surface area contributed by atoms with Crippen LogP contribution < -0.4 is 0 Å². The van der Waals surface area contributed by atoms with Crippen LogP contribution in [-0.4, -0.2) is 134 Å². The van der Waals surface area contributed by atoms with Crippen LogP contribution in [0.2, 0.25) is 0 Å². The molecule has 0 spiro atoms. The van der Waals surface area contributed by atoms with Crippen LogP contribution in [0.25, 0.3) is 0 Å². The fourth-order valence-corrected chi connectivity index (χ4v) is 0. The van der Waals surface area contributed by atoms with Gasteiger partial charge in [0, 0.05) is 0 Å². The summed E-state index contributed by atoms with van der Waals surface area (Å²) in [6.45, 7) is 0. The molecule has 0 radical (unpaired) electrons. The Labute approximate surface area is 171 Å². The predicted molar refractivity (Wildman–Crippen MR) is 92.4 cm³/mol. The quantitative estimate of drug-likeness (QED) is 0.0998. The highest BCUT2D eigenvalue weighted by Gasteiger charge is 2.01. The van der Waals surface area contributed by atoms with Gasteiger partial charge < -0.3 is 104 Å². The van der Waals surface area contributed by atoms with Gasteiger partial charge >= 0.3 is 52.8 Å². The molecular formula is H21B4O24P3. The molecule has 0 unspecified atom stereocenters. The summed E-state index contributed by atoms with van der Waals surface area (Å²) in [4.78, 5) is 64.7. The van der Waals surface area contributed by atoms with E-state index in [0.717, 1.165) is 0 Å². The van der Waals surface area contributed by atoms with Crippen LogP contribution in [0.3, 0.4) is 0 Å². The first-order valence-electron chi connectivity index (χ1n) is 5.45. The zero-order valence-electron chi connectivity index (χ0n) is 14.3. The Balaban J connectivity index is -0.0000000435. The lowest BCUT2D eigenvalue weighted by molar-refractivity contribution is 0.272. The molecule has 192 valence electrons. The topological polar surface area (TPSA) is 476 Å². The van der Waals surface area contributed by atoms with Gasteiger partial charge in [0.2, 0.25) is 0 Å². The van der Waals surface area contributed by atoms with E-state index in [9.17, 15) is 0 Å². The Kier molecular flexibility index (Phi) is 44.0. The molecule has 0 aliphatic rings. The summed E-state index contributed by atoms with van der Waals surface area (Å²) in [6, 6.07) is 0. The standard InChI is InChI=1S/4BH3O3.3H3O4P/c4*2-1(3)4;3*1-5(2,3)4/h4*2-4H;3*(H3,1,2,3,4). The van der Waals surface area contributed by atoms with E-state index in [1.54, 1.807) is 0 Å². The van der Waals surface area contributed by atoms with Crippen LogP contribution in [0.15, 0.2) is 0 Å². The van der Waals surface area contributed by atoms with Crippen LogP contribution in [0.5, 0.6) is 0 Å². The van der Waals surface area contributed by atoms with E-state index in [1.165, 1.54) is 0 Å². The zero-order chi connectivity index (χ0) is 27.8. The highest BCUT2D eigenvalue weighted by Crippen LogP contribution is 2.26. The number of rotatable bonds is 0. The van der Waals surface area contributed by atoms with Gasteiger partial charge in [0.05, 0.1) is 0 Å². The first-order valence-corrected chi connectivity index (χ1v) is 10.1. The SMILES string of the molecule is O=P(O)(O)O.O=P(O)(O)O.O=P(O)(O)O.OB(O)O.OB(O)O.OB(O)O.OB(O)O. The highest BCUT2D eigenvalue weighted by molar-refractivity contribution is 7.45. The van der Waals surface area contributed by atoms with E-state index in [-0.39, 0.29) is 0 Å². The molecule has 0 rings (SSSR count). The van der Waals surface area contributed by atoms with Gasteiger partial charge in [-0.05, 0) is 0 Å². The zero-order valence-corrected chi connectivity index (χ0v) is 17.0. The van der Waals surface area contributed by atoms with E-state index in [4.69, 9.17) is 118 Å². The van der Waals surface area contributed by atoms with Gasteiger partial charge in [0.25, 0.3) is 0 Å². The number of hydrogen-bond acceptors (Lipinski definition) is 15. The largest absolute Gasteiger partial charge is 0.631 e. The molecule has 0 aliphatic heterocycles. The van der Waals surface area contributed by atoms with Gasteiger partial charge in [-0.25, -0.2) is 13.7 Å². The van der Waals surface area contributed by atoms with Crippen molar-refractivity contribution in [3.05, 3.63) is 0 Å². The van der Waals surface area contributed by atoms with Gasteiger partial charge in [-0.3, -0.25) is 0 Å². The maximum atomic E-state index is 8.88. The molecular weight excluding hydrogens is 520 g/mol. The highest BCUT2D eigenvalue weighted by atomic mass is 31.2. The maximum absolute atomic E-state index is 8.88. The molecule has 0 amide bonds. The molecule has 0 bridgehead atoms. The Morgan fingerprint density at radius 2 is 0.290 bits per heavy atom. The summed E-state index contributed by atoms with van der Waals surface area (Å²) < 4.78 is 26.6. The van der Waals surface area contributed by atoms with Gasteiger partial charge in [-0.15, -0.1) is 0 Å². The van der Waals surface area contributed by atoms with E-state index < -0.39 is 52.8 Å². The molecule has 0 aromatic carbocycles. The Hall–Kier alpha value is 0.110. The summed E-state index contributed by atoms with van der Waals surface area (Å²) in [6.07, 6.45) is 0. The molecule has 0 saturated carbocycles. The first-order chi connectivity index (χ1) is 12.9. The monoisotopic (exact) mass is 542 g/mol. The molecule has 0 aliphatic carbocycles. The second-order valence-electron chi connectivity index (χ2n) is 2.93. The molecule has 0 saturated heterocycles. The molecule has 0 aromatic heterocycles. The fraction of sp³-hybridized carbons (Fsp3) is 0. The summed E-state index contributed by atoms with van der Waals surface area (Å²) in [5.41, 5.74) is 0. The summed E-state index contributed by atoms with van der Waals surface area (Å²) in [5.74, 6) is 0. The Morgan fingerprint density at radius 1 is 0.290 bits per heavy atom. The number of hydrogen-bond donors (Lipinski definition) is 21.